The van der Waals surface area contributed by atoms with Crippen LogP contribution in [0, 0.1) is 0 Å². The van der Waals surface area contributed by atoms with E-state index >= 15 is 0 Å². The van der Waals surface area contributed by atoms with Crippen LogP contribution in [0.2, 0.25) is 0 Å². The van der Waals surface area contributed by atoms with E-state index in [0.29, 0.717) is 17.7 Å². The second-order valence-corrected chi connectivity index (χ2v) is 5.44. The Kier molecular flexibility index (Phi) is 4.47. The molecule has 3 rings (SSSR count). The number of nitrogens with zero attached hydrogens (tertiary/aromatic N) is 1. The maximum Gasteiger partial charge on any atom is 0.273 e. The Bertz CT molecular complexity index is 445. The summed E-state index contributed by atoms with van der Waals surface area (Å²) in [7, 11) is 0. The van der Waals surface area contributed by atoms with Gasteiger partial charge in [-0.15, -0.1) is 12.4 Å². The number of aromatic nitrogens is 1. The van der Waals surface area contributed by atoms with Crippen LogP contribution >= 0.6 is 12.4 Å². The van der Waals surface area contributed by atoms with Crippen LogP contribution in [-0.2, 0) is 0 Å². The number of hydrogen-bond acceptors (Lipinski definition) is 4. The number of hydrogen-bond donors (Lipinski definition) is 2. The monoisotopic (exact) mass is 285 g/mol. The minimum absolute atomic E-state index is 0. The molecule has 2 N–H and O–H groups in total. The summed E-state index contributed by atoms with van der Waals surface area (Å²) in [5.74, 6) is 1.25. The average Bonchev–Trinajstić information content (AvgIpc) is 3.07. The van der Waals surface area contributed by atoms with Crippen molar-refractivity contribution in [2.45, 2.75) is 50.6 Å². The molecular weight excluding hydrogens is 266 g/mol. The molecular formula is C13H20ClN3O2. The minimum atomic E-state index is -0.107. The second-order valence-electron chi connectivity index (χ2n) is 5.44. The lowest BCUT2D eigenvalue weighted by molar-refractivity contribution is 0.0916. The van der Waals surface area contributed by atoms with Crippen molar-refractivity contribution in [3.8, 4) is 0 Å². The summed E-state index contributed by atoms with van der Waals surface area (Å²) < 4.78 is 5.20. The van der Waals surface area contributed by atoms with E-state index in [2.05, 4.69) is 22.7 Å². The van der Waals surface area contributed by atoms with Crippen molar-refractivity contribution in [1.29, 1.82) is 0 Å². The molecule has 1 aromatic rings. The van der Waals surface area contributed by atoms with Crippen molar-refractivity contribution in [3.63, 3.8) is 0 Å². The fourth-order valence-corrected chi connectivity index (χ4v) is 2.48. The first kappa shape index (κ1) is 14.3. The fraction of sp³-hybridized carbons (Fsp3) is 0.692. The van der Waals surface area contributed by atoms with E-state index in [9.17, 15) is 4.79 Å². The number of rotatable bonds is 3. The van der Waals surface area contributed by atoms with Crippen LogP contribution < -0.4 is 10.6 Å². The van der Waals surface area contributed by atoms with Crippen LogP contribution in [0.1, 0.15) is 54.8 Å². The molecule has 1 aliphatic heterocycles. The first-order chi connectivity index (χ1) is 8.72. The summed E-state index contributed by atoms with van der Waals surface area (Å²) in [5.41, 5.74) is 0.420. The van der Waals surface area contributed by atoms with Crippen LogP contribution in [0.25, 0.3) is 0 Å². The highest BCUT2D eigenvalue weighted by Crippen LogP contribution is 2.40. The molecule has 19 heavy (non-hydrogen) atoms. The maximum atomic E-state index is 12.0. The molecule has 0 aromatic carbocycles. The van der Waals surface area contributed by atoms with Crippen LogP contribution in [0.4, 0.5) is 0 Å². The van der Waals surface area contributed by atoms with E-state index in [1.165, 1.54) is 0 Å². The van der Waals surface area contributed by atoms with Crippen LogP contribution in [0.15, 0.2) is 10.6 Å². The molecule has 0 spiro atoms. The molecule has 6 heteroatoms. The van der Waals surface area contributed by atoms with Crippen molar-refractivity contribution in [2.75, 3.05) is 6.54 Å². The second kappa shape index (κ2) is 5.92. The minimum Gasteiger partial charge on any atom is -0.360 e. The molecule has 2 aliphatic rings. The third-order valence-electron chi connectivity index (χ3n) is 3.70. The Hall–Kier alpha value is -1.07. The Balaban J connectivity index is 0.00000133. The zero-order valence-corrected chi connectivity index (χ0v) is 11.8. The lowest BCUT2D eigenvalue weighted by Crippen LogP contribution is -2.46. The van der Waals surface area contributed by atoms with E-state index in [0.717, 1.165) is 38.0 Å². The van der Waals surface area contributed by atoms with Gasteiger partial charge in [-0.25, -0.2) is 0 Å². The standard InChI is InChI=1S/C13H19N3O2.ClH/c1-8-6-10(4-5-14-8)15-13(17)11-7-12(18-16-11)9-2-3-9;/h7-10,14H,2-6H2,1H3,(H,15,17);1H/t8-,10+;/m0./s1. The van der Waals surface area contributed by atoms with Crippen molar-refractivity contribution in [2.24, 2.45) is 0 Å². The van der Waals surface area contributed by atoms with E-state index in [1.54, 1.807) is 6.07 Å². The molecule has 0 unspecified atom stereocenters. The highest BCUT2D eigenvalue weighted by Gasteiger charge is 2.29. The molecule has 2 atom stereocenters. The topological polar surface area (TPSA) is 67.2 Å². The summed E-state index contributed by atoms with van der Waals surface area (Å²) in [6.07, 6.45) is 4.26. The predicted molar refractivity (Wildman–Crippen MR) is 73.7 cm³/mol. The first-order valence-electron chi connectivity index (χ1n) is 6.73. The smallest absolute Gasteiger partial charge is 0.273 e. The number of halogens is 1. The van der Waals surface area contributed by atoms with E-state index in [-0.39, 0.29) is 24.4 Å². The van der Waals surface area contributed by atoms with Crippen molar-refractivity contribution < 1.29 is 9.32 Å². The summed E-state index contributed by atoms with van der Waals surface area (Å²) in [4.78, 5) is 12.0. The number of carbonyl (C=O) groups excluding carboxylic acids is 1. The lowest BCUT2D eigenvalue weighted by Gasteiger charge is -2.28. The quantitative estimate of drug-likeness (QED) is 0.889. The van der Waals surface area contributed by atoms with Gasteiger partial charge >= 0.3 is 0 Å². The largest absolute Gasteiger partial charge is 0.360 e. The Labute approximate surface area is 118 Å². The van der Waals surface area contributed by atoms with Gasteiger partial charge in [0.15, 0.2) is 5.69 Å². The molecule has 1 aliphatic carbocycles. The normalized spacial score (nSPS) is 26.6. The Morgan fingerprint density at radius 1 is 1.47 bits per heavy atom. The van der Waals surface area contributed by atoms with Crippen LogP contribution in [0.5, 0.6) is 0 Å². The summed E-state index contributed by atoms with van der Waals surface area (Å²) in [6.45, 7) is 3.10. The first-order valence-corrected chi connectivity index (χ1v) is 6.73. The van der Waals surface area contributed by atoms with E-state index in [1.807, 2.05) is 0 Å². The SMILES string of the molecule is C[C@H]1C[C@H](NC(=O)c2cc(C3CC3)on2)CCN1.Cl. The average molecular weight is 286 g/mol. The van der Waals surface area contributed by atoms with Crippen molar-refractivity contribution in [1.82, 2.24) is 15.8 Å². The number of carbonyl (C=O) groups is 1. The number of piperidine rings is 1. The highest BCUT2D eigenvalue weighted by molar-refractivity contribution is 5.92. The molecule has 1 amide bonds. The summed E-state index contributed by atoms with van der Waals surface area (Å²) >= 11 is 0. The van der Waals surface area contributed by atoms with Gasteiger partial charge in [-0.1, -0.05) is 5.16 Å². The highest BCUT2D eigenvalue weighted by atomic mass is 35.5. The van der Waals surface area contributed by atoms with Gasteiger partial charge in [0.05, 0.1) is 0 Å². The summed E-state index contributed by atoms with van der Waals surface area (Å²) in [6, 6.07) is 2.50. The third kappa shape index (κ3) is 3.48. The number of nitrogens with one attached hydrogen (secondary N) is 2. The molecule has 2 fully saturated rings. The van der Waals surface area contributed by atoms with Gasteiger partial charge in [0, 0.05) is 24.1 Å². The molecule has 0 bridgehead atoms. The fourth-order valence-electron chi connectivity index (χ4n) is 2.48. The molecule has 2 heterocycles. The maximum absolute atomic E-state index is 12.0. The van der Waals surface area contributed by atoms with Crippen molar-refractivity contribution in [3.05, 3.63) is 17.5 Å². The number of amides is 1. The predicted octanol–water partition coefficient (Wildman–Crippen LogP) is 1.84. The summed E-state index contributed by atoms with van der Waals surface area (Å²) in [5, 5.41) is 10.3. The van der Waals surface area contributed by atoms with E-state index < -0.39 is 0 Å². The zero-order valence-electron chi connectivity index (χ0n) is 11.0. The van der Waals surface area contributed by atoms with Gasteiger partial charge in [-0.05, 0) is 39.2 Å². The zero-order chi connectivity index (χ0) is 12.5. The van der Waals surface area contributed by atoms with E-state index in [4.69, 9.17) is 4.52 Å². The molecule has 1 aromatic heterocycles. The van der Waals surface area contributed by atoms with Crippen LogP contribution in [0.3, 0.4) is 0 Å². The van der Waals surface area contributed by atoms with Crippen LogP contribution in [-0.4, -0.2) is 29.7 Å². The van der Waals surface area contributed by atoms with Crippen molar-refractivity contribution >= 4 is 18.3 Å². The van der Waals surface area contributed by atoms with Gasteiger partial charge in [-0.2, -0.15) is 0 Å². The third-order valence-corrected chi connectivity index (χ3v) is 3.70. The molecule has 1 saturated carbocycles. The van der Waals surface area contributed by atoms with Gasteiger partial charge < -0.3 is 15.2 Å². The Morgan fingerprint density at radius 2 is 2.26 bits per heavy atom. The Morgan fingerprint density at radius 3 is 2.95 bits per heavy atom. The van der Waals surface area contributed by atoms with Gasteiger partial charge in [0.2, 0.25) is 0 Å². The molecule has 106 valence electrons. The van der Waals surface area contributed by atoms with Gasteiger partial charge in [-0.3, -0.25) is 4.79 Å². The van der Waals surface area contributed by atoms with Gasteiger partial charge in [0.1, 0.15) is 5.76 Å². The molecule has 5 nitrogen and oxygen atoms in total. The molecule has 0 radical (unpaired) electrons. The molecule has 1 saturated heterocycles. The van der Waals surface area contributed by atoms with Gasteiger partial charge in [0.25, 0.3) is 5.91 Å². The lowest BCUT2D eigenvalue weighted by atomic mass is 10.0.